The predicted octanol–water partition coefficient (Wildman–Crippen LogP) is 4.74. The molecule has 0 saturated heterocycles. The molecule has 0 aliphatic heterocycles. The Morgan fingerprint density at radius 1 is 1.24 bits per heavy atom. The Hall–Kier alpha value is -3.50. The summed E-state index contributed by atoms with van der Waals surface area (Å²) in [6, 6.07) is 11.7. The second-order valence-corrected chi connectivity index (χ2v) is 6.72. The van der Waals surface area contributed by atoms with E-state index in [1.54, 1.807) is 13.3 Å². The topological polar surface area (TPSA) is 95.9 Å². The van der Waals surface area contributed by atoms with E-state index in [1.165, 1.54) is 6.20 Å². The molecule has 2 aromatic carbocycles. The highest BCUT2D eigenvalue weighted by molar-refractivity contribution is 6.17. The van der Waals surface area contributed by atoms with Gasteiger partial charge in [0.15, 0.2) is 11.5 Å². The molecule has 0 amide bonds. The van der Waals surface area contributed by atoms with E-state index in [2.05, 4.69) is 26.6 Å². The standard InChI is InChI=1S/C21H18ClN5O2/c1-28-21-18(29-8-2-7-22)6-5-16-19(14(10-23)11-24-20(16)21)26-15-4-3-13-12-25-27-17(13)9-15/h3-6,9,11-12H,2,7-8H2,1H3,(H,24,26)(H,25,27). The first-order valence-electron chi connectivity index (χ1n) is 9.04. The van der Waals surface area contributed by atoms with Crippen LogP contribution in [0.4, 0.5) is 11.4 Å². The van der Waals surface area contributed by atoms with Crippen molar-refractivity contribution < 1.29 is 9.47 Å². The van der Waals surface area contributed by atoms with Gasteiger partial charge in [-0.3, -0.25) is 10.1 Å². The molecule has 29 heavy (non-hydrogen) atoms. The number of nitriles is 1. The summed E-state index contributed by atoms with van der Waals surface area (Å²) < 4.78 is 11.4. The predicted molar refractivity (Wildman–Crippen MR) is 113 cm³/mol. The van der Waals surface area contributed by atoms with E-state index in [9.17, 15) is 5.26 Å². The summed E-state index contributed by atoms with van der Waals surface area (Å²) in [4.78, 5) is 4.45. The second kappa shape index (κ2) is 8.25. The number of nitrogens with one attached hydrogen (secondary N) is 2. The van der Waals surface area contributed by atoms with Crippen LogP contribution < -0.4 is 14.8 Å². The van der Waals surface area contributed by atoms with Crippen molar-refractivity contribution in [3.63, 3.8) is 0 Å². The number of hydrogen-bond acceptors (Lipinski definition) is 6. The van der Waals surface area contributed by atoms with Gasteiger partial charge in [0.2, 0.25) is 0 Å². The van der Waals surface area contributed by atoms with Crippen LogP contribution in [0.1, 0.15) is 12.0 Å². The van der Waals surface area contributed by atoms with Crippen molar-refractivity contribution in [2.24, 2.45) is 0 Å². The van der Waals surface area contributed by atoms with E-state index < -0.39 is 0 Å². The van der Waals surface area contributed by atoms with Crippen LogP contribution in [0, 0.1) is 11.3 Å². The monoisotopic (exact) mass is 407 g/mol. The third kappa shape index (κ3) is 3.62. The van der Waals surface area contributed by atoms with Gasteiger partial charge in [0, 0.05) is 28.5 Å². The fourth-order valence-corrected chi connectivity index (χ4v) is 3.26. The lowest BCUT2D eigenvalue weighted by atomic mass is 10.1. The number of methoxy groups -OCH3 is 1. The SMILES string of the molecule is COc1c(OCCCCl)ccc2c(Nc3ccc4cn[nH]c4c3)c(C#N)cnc12. The van der Waals surface area contributed by atoms with Gasteiger partial charge in [-0.05, 0) is 36.8 Å². The first-order valence-corrected chi connectivity index (χ1v) is 9.57. The van der Waals surface area contributed by atoms with E-state index in [0.29, 0.717) is 40.8 Å². The van der Waals surface area contributed by atoms with Crippen molar-refractivity contribution in [1.29, 1.82) is 5.26 Å². The van der Waals surface area contributed by atoms with Gasteiger partial charge in [-0.1, -0.05) is 0 Å². The number of rotatable bonds is 7. The van der Waals surface area contributed by atoms with E-state index in [4.69, 9.17) is 21.1 Å². The Balaban J connectivity index is 1.80. The number of ether oxygens (including phenoxy) is 2. The van der Waals surface area contributed by atoms with Gasteiger partial charge in [0.1, 0.15) is 11.6 Å². The minimum absolute atomic E-state index is 0.431. The highest BCUT2D eigenvalue weighted by Crippen LogP contribution is 2.39. The number of aromatic nitrogens is 3. The van der Waals surface area contributed by atoms with Crippen molar-refractivity contribution in [1.82, 2.24) is 15.2 Å². The van der Waals surface area contributed by atoms with E-state index in [1.807, 2.05) is 30.3 Å². The Kier molecular flexibility index (Phi) is 5.36. The van der Waals surface area contributed by atoms with Gasteiger partial charge in [-0.15, -0.1) is 11.6 Å². The van der Waals surface area contributed by atoms with Crippen LogP contribution in [0.25, 0.3) is 21.8 Å². The van der Waals surface area contributed by atoms with E-state index >= 15 is 0 Å². The maximum Gasteiger partial charge on any atom is 0.187 e. The molecule has 0 saturated carbocycles. The molecule has 0 radical (unpaired) electrons. The largest absolute Gasteiger partial charge is 0.491 e. The number of hydrogen-bond donors (Lipinski definition) is 2. The summed E-state index contributed by atoms with van der Waals surface area (Å²) in [6.07, 6.45) is 4.02. The van der Waals surface area contributed by atoms with Crippen LogP contribution in [-0.2, 0) is 0 Å². The van der Waals surface area contributed by atoms with Crippen LogP contribution in [0.15, 0.2) is 42.7 Å². The molecule has 2 N–H and O–H groups in total. The van der Waals surface area contributed by atoms with Gasteiger partial charge in [-0.25, -0.2) is 0 Å². The highest BCUT2D eigenvalue weighted by atomic mass is 35.5. The minimum atomic E-state index is 0.431. The Morgan fingerprint density at radius 3 is 2.93 bits per heavy atom. The second-order valence-electron chi connectivity index (χ2n) is 6.34. The molecule has 4 rings (SSSR count). The molecule has 2 heterocycles. The van der Waals surface area contributed by atoms with Gasteiger partial charge in [0.25, 0.3) is 0 Å². The lowest BCUT2D eigenvalue weighted by Gasteiger charge is -2.16. The van der Waals surface area contributed by atoms with E-state index in [0.717, 1.165) is 28.4 Å². The zero-order valence-corrected chi connectivity index (χ0v) is 16.5. The molecule has 8 heteroatoms. The number of pyridine rings is 1. The molecule has 0 aliphatic rings. The maximum absolute atomic E-state index is 9.60. The van der Waals surface area contributed by atoms with Crippen molar-refractivity contribution in [3.05, 3.63) is 48.3 Å². The smallest absolute Gasteiger partial charge is 0.187 e. The van der Waals surface area contributed by atoms with Crippen LogP contribution >= 0.6 is 11.6 Å². The number of nitrogens with zero attached hydrogens (tertiary/aromatic N) is 3. The van der Waals surface area contributed by atoms with E-state index in [-0.39, 0.29) is 0 Å². The minimum Gasteiger partial charge on any atom is -0.491 e. The summed E-state index contributed by atoms with van der Waals surface area (Å²) in [6.45, 7) is 0.483. The van der Waals surface area contributed by atoms with Crippen molar-refractivity contribution in [2.75, 3.05) is 24.9 Å². The first kappa shape index (κ1) is 18.8. The summed E-state index contributed by atoms with van der Waals surface area (Å²) >= 11 is 5.73. The molecular formula is C21H18ClN5O2. The van der Waals surface area contributed by atoms with Crippen LogP contribution in [0.5, 0.6) is 11.5 Å². The molecule has 0 unspecified atom stereocenters. The summed E-state index contributed by atoms with van der Waals surface area (Å²) in [5.74, 6) is 1.63. The van der Waals surface area contributed by atoms with Crippen molar-refractivity contribution in [2.45, 2.75) is 6.42 Å². The lowest BCUT2D eigenvalue weighted by molar-refractivity contribution is 0.296. The molecule has 0 bridgehead atoms. The fraction of sp³-hybridized carbons (Fsp3) is 0.190. The fourth-order valence-electron chi connectivity index (χ4n) is 3.15. The Labute approximate surface area is 172 Å². The maximum atomic E-state index is 9.60. The molecule has 0 fully saturated rings. The van der Waals surface area contributed by atoms with Gasteiger partial charge >= 0.3 is 0 Å². The number of fused-ring (bicyclic) bond motifs is 2. The van der Waals surface area contributed by atoms with Crippen LogP contribution in [0.2, 0.25) is 0 Å². The van der Waals surface area contributed by atoms with Gasteiger partial charge in [0.05, 0.1) is 36.7 Å². The number of benzene rings is 2. The van der Waals surface area contributed by atoms with Crippen molar-refractivity contribution >= 4 is 44.8 Å². The average Bonchev–Trinajstić information content (AvgIpc) is 3.21. The number of anilines is 2. The van der Waals surface area contributed by atoms with Gasteiger partial charge in [-0.2, -0.15) is 10.4 Å². The molecule has 0 atom stereocenters. The molecule has 0 aliphatic carbocycles. The third-order valence-corrected chi connectivity index (χ3v) is 4.80. The third-order valence-electron chi connectivity index (χ3n) is 4.53. The molecular weight excluding hydrogens is 390 g/mol. The lowest BCUT2D eigenvalue weighted by Crippen LogP contribution is -2.02. The zero-order chi connectivity index (χ0) is 20.2. The first-order chi connectivity index (χ1) is 14.2. The van der Waals surface area contributed by atoms with Crippen molar-refractivity contribution in [3.8, 4) is 17.6 Å². The molecule has 146 valence electrons. The molecule has 2 aromatic heterocycles. The summed E-state index contributed by atoms with van der Waals surface area (Å²) in [5, 5.41) is 21.7. The number of alkyl halides is 1. The Bertz CT molecular complexity index is 1220. The normalized spacial score (nSPS) is 10.8. The molecule has 0 spiro atoms. The molecule has 7 nitrogen and oxygen atoms in total. The summed E-state index contributed by atoms with van der Waals surface area (Å²) in [7, 11) is 1.57. The average molecular weight is 408 g/mol. The number of aromatic amines is 1. The van der Waals surface area contributed by atoms with Crippen LogP contribution in [0.3, 0.4) is 0 Å². The highest BCUT2D eigenvalue weighted by Gasteiger charge is 2.16. The summed E-state index contributed by atoms with van der Waals surface area (Å²) in [5.41, 5.74) is 3.42. The van der Waals surface area contributed by atoms with Gasteiger partial charge < -0.3 is 14.8 Å². The molecule has 4 aromatic rings. The number of halogens is 1. The zero-order valence-electron chi connectivity index (χ0n) is 15.7. The van der Waals surface area contributed by atoms with Crippen LogP contribution in [-0.4, -0.2) is 34.8 Å². The Morgan fingerprint density at radius 2 is 2.14 bits per heavy atom. The quantitative estimate of drug-likeness (QED) is 0.339. The number of H-pyrrole nitrogens is 1.